The Labute approximate surface area is 223 Å². The summed E-state index contributed by atoms with van der Waals surface area (Å²) in [6.45, 7) is 25.0. The van der Waals surface area contributed by atoms with E-state index >= 15 is 0 Å². The number of ether oxygens (including phenoxy) is 1. The molecular weight excluding hydrogens is 472 g/mol. The average molecular weight is 525 g/mol. The van der Waals surface area contributed by atoms with E-state index in [0.717, 1.165) is 0 Å². The van der Waals surface area contributed by atoms with Gasteiger partial charge in [-0.25, -0.2) is 0 Å². The molecule has 0 saturated carbocycles. The molecule has 37 heavy (non-hydrogen) atoms. The van der Waals surface area contributed by atoms with E-state index in [1.165, 1.54) is 0 Å². The summed E-state index contributed by atoms with van der Waals surface area (Å²) in [5.41, 5.74) is 8.35. The van der Waals surface area contributed by atoms with Gasteiger partial charge in [0.25, 0.3) is 0 Å². The molecule has 0 aromatic carbocycles. The van der Waals surface area contributed by atoms with Crippen molar-refractivity contribution in [1.82, 2.24) is 0 Å². The highest BCUT2D eigenvalue weighted by atomic mass is 16.6. The zero-order valence-corrected chi connectivity index (χ0v) is 25.4. The number of primary amides is 1. The fourth-order valence-electron chi connectivity index (χ4n) is 5.94. The number of cyclic esters (lactones) is 2. The van der Waals surface area contributed by atoms with E-state index in [9.17, 15) is 24.3 Å². The Hall–Kier alpha value is -1.96. The molecule has 1 aliphatic rings. The molecule has 4 atom stereocenters. The van der Waals surface area contributed by atoms with Gasteiger partial charge >= 0.3 is 17.9 Å². The van der Waals surface area contributed by atoms with Crippen LogP contribution in [0, 0.1) is 50.7 Å². The van der Waals surface area contributed by atoms with Crippen LogP contribution in [0.4, 0.5) is 0 Å². The largest absolute Gasteiger partial charge is 0.481 e. The monoisotopic (exact) mass is 524 g/mol. The topological polar surface area (TPSA) is 150 Å². The lowest BCUT2D eigenvalue weighted by Crippen LogP contribution is -2.54. The molecule has 1 amide bonds. The maximum atomic E-state index is 13.2. The first-order valence-corrected chi connectivity index (χ1v) is 13.2. The van der Waals surface area contributed by atoms with Crippen LogP contribution < -0.4 is 11.5 Å². The van der Waals surface area contributed by atoms with Gasteiger partial charge in [0.05, 0.1) is 23.7 Å². The molecular formula is C29H52N2O6. The maximum absolute atomic E-state index is 13.2. The molecule has 4 unspecified atom stereocenters. The Bertz CT molecular complexity index is 918. The Morgan fingerprint density at radius 3 is 1.68 bits per heavy atom. The van der Waals surface area contributed by atoms with E-state index in [1.54, 1.807) is 20.8 Å². The SMILES string of the molecule is CC(C)(C)C(C(=O)O)C(CC(C)(C)C(C)(C)C(C)(C)C1C(=O)OC(=O)C1CC(C)(C)C(C)(C)N)C(N)=O. The maximum Gasteiger partial charge on any atom is 0.318 e. The van der Waals surface area contributed by atoms with Gasteiger partial charge in [-0.05, 0) is 53.8 Å². The van der Waals surface area contributed by atoms with E-state index in [-0.39, 0.29) is 6.42 Å². The number of carboxylic acids is 1. The quantitative estimate of drug-likeness (QED) is 0.260. The van der Waals surface area contributed by atoms with Gasteiger partial charge in [-0.1, -0.05) is 76.2 Å². The molecule has 1 rings (SSSR count). The summed E-state index contributed by atoms with van der Waals surface area (Å²) in [5.74, 6) is -6.15. The lowest BCUT2D eigenvalue weighted by molar-refractivity contribution is -0.158. The molecule has 214 valence electrons. The molecule has 0 spiro atoms. The normalized spacial score (nSPS) is 22.0. The van der Waals surface area contributed by atoms with Crippen molar-refractivity contribution in [3.63, 3.8) is 0 Å². The number of carboxylic acid groups (broad SMARTS) is 1. The fraction of sp³-hybridized carbons (Fsp3) is 0.862. The van der Waals surface area contributed by atoms with Crippen LogP contribution in [0.1, 0.15) is 103 Å². The molecule has 0 radical (unpaired) electrons. The van der Waals surface area contributed by atoms with Crippen molar-refractivity contribution in [2.24, 2.45) is 62.2 Å². The zero-order chi connectivity index (χ0) is 29.7. The van der Waals surface area contributed by atoms with Crippen molar-refractivity contribution < 1.29 is 29.0 Å². The summed E-state index contributed by atoms with van der Waals surface area (Å²) in [7, 11) is 0. The summed E-state index contributed by atoms with van der Waals surface area (Å²) in [6.07, 6.45) is 0.579. The van der Waals surface area contributed by atoms with Gasteiger partial charge in [-0.2, -0.15) is 0 Å². The number of nitrogens with two attached hydrogens (primary N) is 2. The third-order valence-corrected chi connectivity index (χ3v) is 10.4. The number of esters is 2. The van der Waals surface area contributed by atoms with Crippen molar-refractivity contribution in [2.75, 3.05) is 0 Å². The number of carbonyl (C=O) groups is 4. The molecule has 5 N–H and O–H groups in total. The lowest BCUT2D eigenvalue weighted by Gasteiger charge is -2.56. The van der Waals surface area contributed by atoms with Gasteiger partial charge in [-0.15, -0.1) is 0 Å². The summed E-state index contributed by atoms with van der Waals surface area (Å²) < 4.78 is 5.20. The van der Waals surface area contributed by atoms with Crippen LogP contribution in [-0.4, -0.2) is 34.5 Å². The summed E-state index contributed by atoms with van der Waals surface area (Å²) in [6, 6.07) is 0. The van der Waals surface area contributed by atoms with Crippen molar-refractivity contribution >= 4 is 23.8 Å². The lowest BCUT2D eigenvalue weighted by atomic mass is 9.47. The number of amides is 1. The minimum atomic E-state index is -1.07. The van der Waals surface area contributed by atoms with Gasteiger partial charge in [0.15, 0.2) is 0 Å². The molecule has 1 saturated heterocycles. The highest BCUT2D eigenvalue weighted by Gasteiger charge is 2.62. The summed E-state index contributed by atoms with van der Waals surface area (Å²) in [4.78, 5) is 51.0. The van der Waals surface area contributed by atoms with E-state index in [2.05, 4.69) is 0 Å². The number of aliphatic carboxylic acids is 1. The van der Waals surface area contributed by atoms with Crippen molar-refractivity contribution in [3.05, 3.63) is 0 Å². The van der Waals surface area contributed by atoms with Crippen LogP contribution in [0.15, 0.2) is 0 Å². The first-order valence-electron chi connectivity index (χ1n) is 13.2. The zero-order valence-electron chi connectivity index (χ0n) is 25.4. The number of hydrogen-bond acceptors (Lipinski definition) is 6. The van der Waals surface area contributed by atoms with Gasteiger partial charge in [0.2, 0.25) is 5.91 Å². The first kappa shape index (κ1) is 33.1. The Morgan fingerprint density at radius 2 is 1.32 bits per heavy atom. The van der Waals surface area contributed by atoms with Gasteiger partial charge in [-0.3, -0.25) is 19.2 Å². The van der Waals surface area contributed by atoms with E-state index in [4.69, 9.17) is 16.2 Å². The predicted molar refractivity (Wildman–Crippen MR) is 144 cm³/mol. The van der Waals surface area contributed by atoms with Crippen LogP contribution >= 0.6 is 0 Å². The second kappa shape index (κ2) is 9.97. The molecule has 8 nitrogen and oxygen atoms in total. The summed E-state index contributed by atoms with van der Waals surface area (Å²) in [5, 5.41) is 10.0. The fourth-order valence-corrected chi connectivity index (χ4v) is 5.94. The second-order valence-corrected chi connectivity index (χ2v) is 15.3. The van der Waals surface area contributed by atoms with Crippen LogP contribution in [0.5, 0.6) is 0 Å². The molecule has 0 aromatic rings. The van der Waals surface area contributed by atoms with E-state index in [1.807, 2.05) is 69.2 Å². The third-order valence-electron chi connectivity index (χ3n) is 10.4. The predicted octanol–water partition coefficient (Wildman–Crippen LogP) is 4.77. The smallest absolute Gasteiger partial charge is 0.318 e. The van der Waals surface area contributed by atoms with E-state index in [0.29, 0.717) is 6.42 Å². The van der Waals surface area contributed by atoms with Crippen molar-refractivity contribution in [1.29, 1.82) is 0 Å². The molecule has 0 aromatic heterocycles. The number of rotatable bonds is 11. The first-order chi connectivity index (χ1) is 16.1. The van der Waals surface area contributed by atoms with E-state index < -0.39 is 80.1 Å². The number of carbonyl (C=O) groups excluding carboxylic acids is 3. The highest BCUT2D eigenvalue weighted by Crippen LogP contribution is 2.61. The second-order valence-electron chi connectivity index (χ2n) is 15.3. The molecule has 8 heteroatoms. The van der Waals surface area contributed by atoms with Crippen LogP contribution in [0.2, 0.25) is 0 Å². The minimum Gasteiger partial charge on any atom is -0.481 e. The van der Waals surface area contributed by atoms with Crippen LogP contribution in [0.25, 0.3) is 0 Å². The van der Waals surface area contributed by atoms with Gasteiger partial charge in [0, 0.05) is 5.54 Å². The van der Waals surface area contributed by atoms with Crippen LogP contribution in [-0.2, 0) is 23.9 Å². The number of hydrogen-bond donors (Lipinski definition) is 3. The third kappa shape index (κ3) is 6.21. The highest BCUT2D eigenvalue weighted by molar-refractivity contribution is 5.97. The molecule has 1 fully saturated rings. The van der Waals surface area contributed by atoms with Crippen LogP contribution in [0.3, 0.4) is 0 Å². The molecule has 0 aliphatic carbocycles. The Balaban J connectivity index is 3.56. The molecule has 1 heterocycles. The van der Waals surface area contributed by atoms with Crippen molar-refractivity contribution in [3.8, 4) is 0 Å². The van der Waals surface area contributed by atoms with Gasteiger partial charge < -0.3 is 21.3 Å². The standard InChI is InChI=1S/C29H52N2O6/c1-24(2,3)18(21(33)34)16(20(30)32)14-25(4,5)28(10,11)27(8,9)19-17(22(35)37-23(19)36)15-26(6,7)29(12,13)31/h16-19H,14-15,31H2,1-13H3,(H2,30,32)(H,33,34). The average Bonchev–Trinajstić information content (AvgIpc) is 2.91. The molecule has 1 aliphatic heterocycles. The molecule has 0 bridgehead atoms. The summed E-state index contributed by atoms with van der Waals surface area (Å²) >= 11 is 0. The Kier molecular flexibility index (Phi) is 8.91. The minimum absolute atomic E-state index is 0.203. The van der Waals surface area contributed by atoms with Crippen molar-refractivity contribution in [2.45, 2.75) is 108 Å². The van der Waals surface area contributed by atoms with Gasteiger partial charge in [0.1, 0.15) is 0 Å². The Morgan fingerprint density at radius 1 is 0.865 bits per heavy atom.